The van der Waals surface area contributed by atoms with E-state index in [1.54, 1.807) is 37.5 Å². The third-order valence-electron chi connectivity index (χ3n) is 5.46. The normalized spacial score (nSPS) is 17.7. The molecular formula is C24H25N3O4S. The Hall–Kier alpha value is -3.26. The summed E-state index contributed by atoms with van der Waals surface area (Å²) in [5.74, 6) is -0.224. The first-order valence-electron chi connectivity index (χ1n) is 10.6. The number of carbonyl (C=O) groups excluding carboxylic acids is 3. The van der Waals surface area contributed by atoms with E-state index in [-0.39, 0.29) is 6.54 Å². The average Bonchev–Trinajstić information content (AvgIpc) is 3.08. The van der Waals surface area contributed by atoms with Crippen molar-refractivity contribution in [1.29, 1.82) is 0 Å². The van der Waals surface area contributed by atoms with Crippen molar-refractivity contribution in [2.24, 2.45) is 0 Å². The lowest BCUT2D eigenvalue weighted by Crippen LogP contribution is -2.36. The molecule has 0 atom stereocenters. The maximum Gasteiger partial charge on any atom is 0.294 e. The molecule has 0 radical (unpaired) electrons. The predicted molar refractivity (Wildman–Crippen MR) is 127 cm³/mol. The van der Waals surface area contributed by atoms with Crippen LogP contribution in [0.4, 0.5) is 16.2 Å². The second-order valence-electron chi connectivity index (χ2n) is 7.68. The molecule has 2 aromatic rings. The van der Waals surface area contributed by atoms with E-state index >= 15 is 0 Å². The highest BCUT2D eigenvalue weighted by molar-refractivity contribution is 8.18. The van der Waals surface area contributed by atoms with Gasteiger partial charge in [0, 0.05) is 24.5 Å². The van der Waals surface area contributed by atoms with Crippen LogP contribution in [-0.4, -0.2) is 48.7 Å². The fourth-order valence-electron chi connectivity index (χ4n) is 3.74. The van der Waals surface area contributed by atoms with Gasteiger partial charge in [-0.25, -0.2) is 0 Å². The molecule has 0 spiro atoms. The maximum atomic E-state index is 12.7. The number of piperidine rings is 1. The van der Waals surface area contributed by atoms with Crippen LogP contribution in [0.25, 0.3) is 6.08 Å². The van der Waals surface area contributed by atoms with Crippen molar-refractivity contribution in [2.45, 2.75) is 19.3 Å². The van der Waals surface area contributed by atoms with Gasteiger partial charge in [0.2, 0.25) is 5.91 Å². The number of nitrogens with one attached hydrogen (secondary N) is 1. The lowest BCUT2D eigenvalue weighted by molar-refractivity contribution is -0.127. The van der Waals surface area contributed by atoms with E-state index in [0.717, 1.165) is 35.3 Å². The van der Waals surface area contributed by atoms with Gasteiger partial charge in [-0.2, -0.15) is 0 Å². The zero-order valence-electron chi connectivity index (χ0n) is 17.9. The molecule has 2 fully saturated rings. The molecule has 1 N–H and O–H groups in total. The van der Waals surface area contributed by atoms with Crippen molar-refractivity contribution in [3.63, 3.8) is 0 Å². The summed E-state index contributed by atoms with van der Waals surface area (Å²) in [5, 5.41) is 2.24. The number of rotatable bonds is 6. The van der Waals surface area contributed by atoms with Crippen LogP contribution in [0.2, 0.25) is 0 Å². The van der Waals surface area contributed by atoms with Gasteiger partial charge in [-0.15, -0.1) is 0 Å². The molecule has 0 bridgehead atoms. The van der Waals surface area contributed by atoms with E-state index in [2.05, 4.69) is 10.2 Å². The van der Waals surface area contributed by atoms with Crippen LogP contribution in [0.5, 0.6) is 5.75 Å². The SMILES string of the molecule is COc1ccc(NC(=O)CN2C(=O)S/C(=C\c3ccc(N4CCCCC4)cc3)C2=O)cc1. The molecule has 0 aliphatic carbocycles. The van der Waals surface area contributed by atoms with Gasteiger partial charge in [0.1, 0.15) is 12.3 Å². The number of amides is 3. The van der Waals surface area contributed by atoms with E-state index in [1.807, 2.05) is 24.3 Å². The van der Waals surface area contributed by atoms with Gasteiger partial charge in [0.05, 0.1) is 12.0 Å². The zero-order chi connectivity index (χ0) is 22.5. The van der Waals surface area contributed by atoms with Crippen molar-refractivity contribution in [1.82, 2.24) is 4.90 Å². The minimum atomic E-state index is -0.454. The van der Waals surface area contributed by atoms with E-state index < -0.39 is 17.1 Å². The number of hydrogen-bond donors (Lipinski definition) is 1. The largest absolute Gasteiger partial charge is 0.497 e. The second-order valence-corrected chi connectivity index (χ2v) is 8.68. The van der Waals surface area contributed by atoms with Gasteiger partial charge < -0.3 is 15.0 Å². The summed E-state index contributed by atoms with van der Waals surface area (Å²) in [7, 11) is 1.56. The van der Waals surface area contributed by atoms with E-state index in [4.69, 9.17) is 4.74 Å². The molecule has 166 valence electrons. The Labute approximate surface area is 191 Å². The Kier molecular flexibility index (Phi) is 6.80. The van der Waals surface area contributed by atoms with Gasteiger partial charge >= 0.3 is 0 Å². The molecule has 7 nitrogen and oxygen atoms in total. The van der Waals surface area contributed by atoms with Crippen LogP contribution in [0, 0.1) is 0 Å². The number of benzene rings is 2. The smallest absolute Gasteiger partial charge is 0.294 e. The quantitative estimate of drug-likeness (QED) is 0.658. The number of carbonyl (C=O) groups is 3. The minimum Gasteiger partial charge on any atom is -0.497 e. The monoisotopic (exact) mass is 451 g/mol. The summed E-state index contributed by atoms with van der Waals surface area (Å²) in [6.07, 6.45) is 5.40. The molecule has 2 heterocycles. The number of thioether (sulfide) groups is 1. The summed E-state index contributed by atoms with van der Waals surface area (Å²) >= 11 is 0.854. The Morgan fingerprint density at radius 3 is 2.38 bits per heavy atom. The Bertz CT molecular complexity index is 1030. The van der Waals surface area contributed by atoms with Gasteiger partial charge in [-0.05, 0) is 79.1 Å². The molecule has 2 aromatic carbocycles. The number of ether oxygens (including phenoxy) is 1. The van der Waals surface area contributed by atoms with Crippen molar-refractivity contribution in [3.05, 3.63) is 59.0 Å². The maximum absolute atomic E-state index is 12.7. The third kappa shape index (κ3) is 5.13. The minimum absolute atomic E-state index is 0.318. The van der Waals surface area contributed by atoms with Crippen molar-refractivity contribution in [3.8, 4) is 5.75 Å². The molecule has 8 heteroatoms. The van der Waals surface area contributed by atoms with E-state index in [1.165, 1.54) is 24.9 Å². The number of anilines is 2. The first-order chi connectivity index (χ1) is 15.5. The second kappa shape index (κ2) is 9.91. The molecule has 0 unspecified atom stereocenters. The highest BCUT2D eigenvalue weighted by atomic mass is 32.2. The summed E-state index contributed by atoms with van der Waals surface area (Å²) in [6.45, 7) is 1.80. The van der Waals surface area contributed by atoms with Crippen LogP contribution in [0.15, 0.2) is 53.4 Å². The first kappa shape index (κ1) is 22.0. The molecule has 2 aliphatic rings. The van der Waals surface area contributed by atoms with Crippen molar-refractivity contribution < 1.29 is 19.1 Å². The van der Waals surface area contributed by atoms with Gasteiger partial charge in [-0.3, -0.25) is 19.3 Å². The average molecular weight is 452 g/mol. The number of hydrogen-bond acceptors (Lipinski definition) is 6. The fraction of sp³-hybridized carbons (Fsp3) is 0.292. The summed E-state index contributed by atoms with van der Waals surface area (Å²) < 4.78 is 5.09. The third-order valence-corrected chi connectivity index (χ3v) is 6.37. The standard InChI is InChI=1S/C24H25N3O4S/c1-31-20-11-7-18(8-12-20)25-22(28)16-27-23(29)21(32-24(27)30)15-17-5-9-19(10-6-17)26-13-3-2-4-14-26/h5-12,15H,2-4,13-14,16H2,1H3,(H,25,28)/b21-15-. The van der Waals surface area contributed by atoms with Gasteiger partial charge in [-0.1, -0.05) is 12.1 Å². The van der Waals surface area contributed by atoms with Gasteiger partial charge in [0.25, 0.3) is 11.1 Å². The van der Waals surface area contributed by atoms with Crippen LogP contribution in [0.3, 0.4) is 0 Å². The van der Waals surface area contributed by atoms with Crippen molar-refractivity contribution >= 4 is 46.3 Å². The molecule has 2 aliphatic heterocycles. The molecule has 0 aromatic heterocycles. The summed E-state index contributed by atoms with van der Waals surface area (Å²) in [5.41, 5.74) is 2.58. The van der Waals surface area contributed by atoms with Crippen LogP contribution in [0.1, 0.15) is 24.8 Å². The summed E-state index contributed by atoms with van der Waals surface area (Å²) in [4.78, 5) is 41.1. The highest BCUT2D eigenvalue weighted by Gasteiger charge is 2.36. The molecule has 3 amide bonds. The van der Waals surface area contributed by atoms with E-state index in [0.29, 0.717) is 16.3 Å². The molecule has 4 rings (SSSR count). The van der Waals surface area contributed by atoms with Crippen LogP contribution < -0.4 is 15.0 Å². The Balaban J connectivity index is 1.38. The number of methoxy groups -OCH3 is 1. The lowest BCUT2D eigenvalue weighted by atomic mass is 10.1. The topological polar surface area (TPSA) is 79.0 Å². The predicted octanol–water partition coefficient (Wildman–Crippen LogP) is 4.36. The summed E-state index contributed by atoms with van der Waals surface area (Å²) in [6, 6.07) is 14.8. The zero-order valence-corrected chi connectivity index (χ0v) is 18.7. The Morgan fingerprint density at radius 2 is 1.72 bits per heavy atom. The van der Waals surface area contributed by atoms with Crippen LogP contribution >= 0.6 is 11.8 Å². The van der Waals surface area contributed by atoms with Crippen molar-refractivity contribution in [2.75, 3.05) is 37.0 Å². The lowest BCUT2D eigenvalue weighted by Gasteiger charge is -2.28. The Morgan fingerprint density at radius 1 is 1.03 bits per heavy atom. The first-order valence-corrected chi connectivity index (χ1v) is 11.4. The number of imide groups is 1. The van der Waals surface area contributed by atoms with Gasteiger partial charge in [0.15, 0.2) is 0 Å². The fourth-order valence-corrected chi connectivity index (χ4v) is 4.58. The van der Waals surface area contributed by atoms with E-state index in [9.17, 15) is 14.4 Å². The molecule has 0 saturated carbocycles. The molecule has 2 saturated heterocycles. The number of nitrogens with zero attached hydrogens (tertiary/aromatic N) is 2. The van der Waals surface area contributed by atoms with Crippen LogP contribution in [-0.2, 0) is 9.59 Å². The molecule has 32 heavy (non-hydrogen) atoms. The highest BCUT2D eigenvalue weighted by Crippen LogP contribution is 2.32. The molecular weight excluding hydrogens is 426 g/mol.